The normalized spacial score (nSPS) is 28.5. The van der Waals surface area contributed by atoms with Crippen molar-refractivity contribution in [3.05, 3.63) is 34.9 Å². The lowest BCUT2D eigenvalue weighted by molar-refractivity contribution is 0.272. The minimum atomic E-state index is -0.115. The summed E-state index contributed by atoms with van der Waals surface area (Å²) < 4.78 is 0. The van der Waals surface area contributed by atoms with Crippen molar-refractivity contribution >= 4 is 11.6 Å². The standard InChI is InChI=1S/C9H9ClO/c10-7-3-1-6(2-4-7)8-5-9(8)11/h1-4,8-9,11H,5H2/t8-,9+/m0/s1. The van der Waals surface area contributed by atoms with E-state index in [0.29, 0.717) is 5.92 Å². The Bertz CT molecular complexity index is 255. The highest BCUT2D eigenvalue weighted by Crippen LogP contribution is 2.40. The summed E-state index contributed by atoms with van der Waals surface area (Å²) in [7, 11) is 0. The summed E-state index contributed by atoms with van der Waals surface area (Å²) in [5, 5.41) is 9.87. The molecule has 1 nitrogen and oxygen atoms in total. The second kappa shape index (κ2) is 2.50. The van der Waals surface area contributed by atoms with Gasteiger partial charge in [-0.05, 0) is 24.1 Å². The van der Waals surface area contributed by atoms with E-state index in [4.69, 9.17) is 16.7 Å². The van der Waals surface area contributed by atoms with Gasteiger partial charge in [0.2, 0.25) is 0 Å². The fourth-order valence-electron chi connectivity index (χ4n) is 1.25. The maximum Gasteiger partial charge on any atom is 0.0616 e. The van der Waals surface area contributed by atoms with E-state index < -0.39 is 0 Å². The van der Waals surface area contributed by atoms with Gasteiger partial charge < -0.3 is 5.11 Å². The molecule has 1 N–H and O–H groups in total. The molecule has 1 aromatic rings. The van der Waals surface area contributed by atoms with E-state index in [0.717, 1.165) is 11.4 Å². The van der Waals surface area contributed by atoms with Gasteiger partial charge in [0.1, 0.15) is 0 Å². The highest BCUT2D eigenvalue weighted by molar-refractivity contribution is 6.30. The molecule has 2 atom stereocenters. The van der Waals surface area contributed by atoms with Crippen LogP contribution in [0.5, 0.6) is 0 Å². The van der Waals surface area contributed by atoms with Gasteiger partial charge >= 0.3 is 0 Å². The Morgan fingerprint density at radius 1 is 1.27 bits per heavy atom. The summed E-state index contributed by atoms with van der Waals surface area (Å²) in [6, 6.07) is 7.68. The molecule has 58 valence electrons. The van der Waals surface area contributed by atoms with Gasteiger partial charge in [0.25, 0.3) is 0 Å². The summed E-state index contributed by atoms with van der Waals surface area (Å²) in [4.78, 5) is 0. The van der Waals surface area contributed by atoms with Crippen molar-refractivity contribution in [1.82, 2.24) is 0 Å². The van der Waals surface area contributed by atoms with Crippen molar-refractivity contribution in [2.45, 2.75) is 18.4 Å². The Morgan fingerprint density at radius 2 is 1.82 bits per heavy atom. The maximum atomic E-state index is 9.12. The van der Waals surface area contributed by atoms with Crippen LogP contribution in [-0.2, 0) is 0 Å². The van der Waals surface area contributed by atoms with Gasteiger partial charge in [-0.2, -0.15) is 0 Å². The Kier molecular flexibility index (Phi) is 1.63. The SMILES string of the molecule is O[C@@H]1C[C@H]1c1ccc(Cl)cc1. The van der Waals surface area contributed by atoms with Crippen molar-refractivity contribution in [1.29, 1.82) is 0 Å². The van der Waals surface area contributed by atoms with Crippen LogP contribution in [0.25, 0.3) is 0 Å². The Labute approximate surface area is 70.6 Å². The van der Waals surface area contributed by atoms with Gasteiger partial charge in [-0.25, -0.2) is 0 Å². The van der Waals surface area contributed by atoms with E-state index >= 15 is 0 Å². The van der Waals surface area contributed by atoms with Crippen molar-refractivity contribution in [3.63, 3.8) is 0 Å². The van der Waals surface area contributed by atoms with Crippen LogP contribution >= 0.6 is 11.6 Å². The number of rotatable bonds is 1. The third kappa shape index (κ3) is 1.39. The molecule has 0 saturated heterocycles. The molecule has 0 spiro atoms. The molecule has 1 saturated carbocycles. The monoisotopic (exact) mass is 168 g/mol. The first-order chi connectivity index (χ1) is 5.27. The molecule has 1 aliphatic carbocycles. The first-order valence-electron chi connectivity index (χ1n) is 3.71. The van der Waals surface area contributed by atoms with E-state index in [9.17, 15) is 0 Å². The number of aliphatic hydroxyl groups excluding tert-OH is 1. The van der Waals surface area contributed by atoms with Crippen LogP contribution in [0.4, 0.5) is 0 Å². The molecule has 2 heteroatoms. The summed E-state index contributed by atoms with van der Waals surface area (Å²) in [6.07, 6.45) is 0.790. The smallest absolute Gasteiger partial charge is 0.0616 e. The van der Waals surface area contributed by atoms with Gasteiger partial charge in [0.05, 0.1) is 6.10 Å². The molecule has 1 fully saturated rings. The highest BCUT2D eigenvalue weighted by atomic mass is 35.5. The number of aliphatic hydroxyl groups is 1. The lowest BCUT2D eigenvalue weighted by Crippen LogP contribution is -1.84. The summed E-state index contributed by atoms with van der Waals surface area (Å²) >= 11 is 5.71. The molecule has 1 aliphatic rings. The van der Waals surface area contributed by atoms with Crippen molar-refractivity contribution in [2.24, 2.45) is 0 Å². The molecule has 0 unspecified atom stereocenters. The van der Waals surface area contributed by atoms with Gasteiger partial charge in [-0.15, -0.1) is 0 Å². The Balaban J connectivity index is 2.21. The van der Waals surface area contributed by atoms with E-state index in [1.807, 2.05) is 24.3 Å². The summed E-state index contributed by atoms with van der Waals surface area (Å²) in [5.74, 6) is 0.368. The fourth-order valence-corrected chi connectivity index (χ4v) is 1.38. The van der Waals surface area contributed by atoms with Crippen LogP contribution in [0.3, 0.4) is 0 Å². The second-order valence-electron chi connectivity index (χ2n) is 2.96. The van der Waals surface area contributed by atoms with Crippen molar-refractivity contribution in [3.8, 4) is 0 Å². The van der Waals surface area contributed by atoms with Crippen LogP contribution in [0.15, 0.2) is 24.3 Å². The Morgan fingerprint density at radius 3 is 2.27 bits per heavy atom. The predicted octanol–water partition coefficient (Wildman–Crippen LogP) is 2.19. The van der Waals surface area contributed by atoms with Crippen LogP contribution in [0.2, 0.25) is 5.02 Å². The van der Waals surface area contributed by atoms with E-state index in [1.165, 1.54) is 5.56 Å². The number of hydrogen-bond donors (Lipinski definition) is 1. The molecule has 0 heterocycles. The summed E-state index contributed by atoms with van der Waals surface area (Å²) in [6.45, 7) is 0. The molecule has 0 bridgehead atoms. The molecule has 0 amide bonds. The number of hydrogen-bond acceptors (Lipinski definition) is 1. The lowest BCUT2D eigenvalue weighted by atomic mass is 10.1. The molecule has 0 aliphatic heterocycles. The van der Waals surface area contributed by atoms with Crippen molar-refractivity contribution in [2.75, 3.05) is 0 Å². The van der Waals surface area contributed by atoms with Gasteiger partial charge in [-0.1, -0.05) is 23.7 Å². The van der Waals surface area contributed by atoms with Gasteiger partial charge in [0, 0.05) is 10.9 Å². The number of benzene rings is 1. The fraction of sp³-hybridized carbons (Fsp3) is 0.333. The minimum Gasteiger partial charge on any atom is -0.392 e. The van der Waals surface area contributed by atoms with Crippen LogP contribution in [0, 0.1) is 0 Å². The van der Waals surface area contributed by atoms with Crippen LogP contribution in [-0.4, -0.2) is 11.2 Å². The third-order valence-electron chi connectivity index (χ3n) is 2.05. The third-order valence-corrected chi connectivity index (χ3v) is 2.31. The zero-order valence-corrected chi connectivity index (χ0v) is 6.75. The average Bonchev–Trinajstić information content (AvgIpc) is 2.69. The van der Waals surface area contributed by atoms with Crippen LogP contribution < -0.4 is 0 Å². The second-order valence-corrected chi connectivity index (χ2v) is 3.40. The van der Waals surface area contributed by atoms with E-state index in [2.05, 4.69) is 0 Å². The van der Waals surface area contributed by atoms with Crippen LogP contribution in [0.1, 0.15) is 17.9 Å². The molecule has 2 rings (SSSR count). The maximum absolute atomic E-state index is 9.12. The largest absolute Gasteiger partial charge is 0.392 e. The lowest BCUT2D eigenvalue weighted by Gasteiger charge is -1.96. The topological polar surface area (TPSA) is 20.2 Å². The highest BCUT2D eigenvalue weighted by Gasteiger charge is 2.36. The summed E-state index contributed by atoms with van der Waals surface area (Å²) in [5.41, 5.74) is 1.20. The molecule has 0 aromatic heterocycles. The van der Waals surface area contributed by atoms with E-state index in [1.54, 1.807) is 0 Å². The quantitative estimate of drug-likeness (QED) is 0.682. The molecular formula is C9H9ClO. The zero-order chi connectivity index (χ0) is 7.84. The van der Waals surface area contributed by atoms with Gasteiger partial charge in [0.15, 0.2) is 0 Å². The first-order valence-corrected chi connectivity index (χ1v) is 4.09. The molecule has 11 heavy (non-hydrogen) atoms. The molecule has 1 aromatic carbocycles. The zero-order valence-electron chi connectivity index (χ0n) is 6.00. The van der Waals surface area contributed by atoms with Crippen molar-refractivity contribution < 1.29 is 5.11 Å². The molecular weight excluding hydrogens is 160 g/mol. The van der Waals surface area contributed by atoms with Gasteiger partial charge in [-0.3, -0.25) is 0 Å². The minimum absolute atomic E-state index is 0.115. The average molecular weight is 169 g/mol. The van der Waals surface area contributed by atoms with E-state index in [-0.39, 0.29) is 6.10 Å². The molecule has 0 radical (unpaired) electrons. The Hall–Kier alpha value is -0.530. The predicted molar refractivity (Wildman–Crippen MR) is 44.8 cm³/mol. The number of halogens is 1. The first kappa shape index (κ1) is 7.14.